The lowest BCUT2D eigenvalue weighted by Gasteiger charge is -2.21. The van der Waals surface area contributed by atoms with Crippen molar-refractivity contribution >= 4 is 39.5 Å². The molecule has 0 fully saturated rings. The second-order valence-electron chi connectivity index (χ2n) is 24.3. The van der Waals surface area contributed by atoms with Gasteiger partial charge in [0.2, 0.25) is 0 Å². The number of unbranched alkanes of at least 4 members (excludes halogenated alkanes) is 38. The highest BCUT2D eigenvalue weighted by molar-refractivity contribution is 7.47. The quantitative estimate of drug-likeness (QED) is 0.0222. The van der Waals surface area contributed by atoms with Gasteiger partial charge in [0.1, 0.15) is 19.3 Å². The van der Waals surface area contributed by atoms with E-state index in [1.54, 1.807) is 0 Å². The molecule has 0 heterocycles. The molecule has 2 unspecified atom stereocenters. The molecule has 0 spiro atoms. The predicted molar refractivity (Wildman–Crippen MR) is 340 cm³/mol. The molecule has 0 aromatic carbocycles. The van der Waals surface area contributed by atoms with Crippen molar-refractivity contribution in [1.29, 1.82) is 0 Å². The first-order valence-corrected chi connectivity index (χ1v) is 37.6. The molecule has 0 saturated heterocycles. The van der Waals surface area contributed by atoms with Gasteiger partial charge in [-0.05, 0) is 31.6 Å². The number of rotatable bonds is 66. The highest BCUT2D eigenvalue weighted by atomic mass is 31.2. The summed E-state index contributed by atoms with van der Waals surface area (Å²) in [5.41, 5.74) is 0. The fraction of sp³-hybridized carbons (Fsp3) is 0.939. The lowest BCUT2D eigenvalue weighted by Crippen LogP contribution is -2.30. The summed E-state index contributed by atoms with van der Waals surface area (Å²) in [4.78, 5) is 72.3. The molecule has 17 nitrogen and oxygen atoms in total. The molecule has 0 aliphatic heterocycles. The Morgan fingerprint density at radius 1 is 0.318 bits per heavy atom. The Bertz CT molecular complexity index is 1650. The monoisotopic (exact) mass is 1250 g/mol. The van der Waals surface area contributed by atoms with Gasteiger partial charge in [-0.25, -0.2) is 9.13 Å². The van der Waals surface area contributed by atoms with E-state index in [0.717, 1.165) is 95.8 Å². The number of carbonyl (C=O) groups excluding carboxylic acids is 4. The molecular weight excluding hydrogens is 1130 g/mol. The normalized spacial score (nSPS) is 14.2. The van der Waals surface area contributed by atoms with Crippen LogP contribution in [-0.2, 0) is 65.4 Å². The molecule has 0 aliphatic carbocycles. The summed E-state index contributed by atoms with van der Waals surface area (Å²) in [6.07, 6.45) is 44.3. The molecule has 0 aliphatic rings. The third kappa shape index (κ3) is 60.7. The molecule has 5 atom stereocenters. The zero-order chi connectivity index (χ0) is 62.8. The van der Waals surface area contributed by atoms with Crippen molar-refractivity contribution in [3.8, 4) is 0 Å². The molecule has 0 amide bonds. The maximum absolute atomic E-state index is 13.0. The summed E-state index contributed by atoms with van der Waals surface area (Å²) >= 11 is 0. The summed E-state index contributed by atoms with van der Waals surface area (Å²) in [7, 11) is -9.89. The van der Waals surface area contributed by atoms with Crippen molar-refractivity contribution in [1.82, 2.24) is 0 Å². The second-order valence-corrected chi connectivity index (χ2v) is 27.2. The van der Waals surface area contributed by atoms with E-state index in [9.17, 15) is 43.2 Å². The minimum absolute atomic E-state index is 0.107. The maximum atomic E-state index is 13.0. The Labute approximate surface area is 517 Å². The van der Waals surface area contributed by atoms with Crippen molar-refractivity contribution in [3.63, 3.8) is 0 Å². The van der Waals surface area contributed by atoms with Gasteiger partial charge in [-0.3, -0.25) is 37.3 Å². The maximum Gasteiger partial charge on any atom is 0.472 e. The second kappa shape index (κ2) is 59.7. The van der Waals surface area contributed by atoms with Gasteiger partial charge in [0.15, 0.2) is 12.2 Å². The first-order chi connectivity index (χ1) is 41.0. The number of esters is 4. The van der Waals surface area contributed by atoms with Gasteiger partial charge in [0.05, 0.1) is 26.4 Å². The van der Waals surface area contributed by atoms with E-state index in [1.807, 2.05) is 0 Å². The van der Waals surface area contributed by atoms with Crippen LogP contribution in [0.4, 0.5) is 0 Å². The molecule has 0 aromatic rings. The van der Waals surface area contributed by atoms with E-state index in [-0.39, 0.29) is 25.7 Å². The first-order valence-electron chi connectivity index (χ1n) is 34.6. The number of phosphoric ester groups is 2. The van der Waals surface area contributed by atoms with Crippen LogP contribution < -0.4 is 0 Å². The third-order valence-electron chi connectivity index (χ3n) is 15.3. The van der Waals surface area contributed by atoms with E-state index in [4.69, 9.17) is 37.0 Å². The molecular formula is C66H128O17P2. The van der Waals surface area contributed by atoms with Crippen LogP contribution in [0.3, 0.4) is 0 Å². The molecule has 0 saturated carbocycles. The molecule has 0 rings (SSSR count). The van der Waals surface area contributed by atoms with Crippen molar-refractivity contribution in [2.24, 2.45) is 5.92 Å². The summed E-state index contributed by atoms with van der Waals surface area (Å²) in [6, 6.07) is 0. The number of hydrogen-bond acceptors (Lipinski definition) is 15. The minimum Gasteiger partial charge on any atom is -0.462 e. The minimum atomic E-state index is -4.95. The van der Waals surface area contributed by atoms with Gasteiger partial charge in [0.25, 0.3) is 0 Å². The molecule has 19 heteroatoms. The Hall–Kier alpha value is -1.94. The third-order valence-corrected chi connectivity index (χ3v) is 17.2. The van der Waals surface area contributed by atoms with Gasteiger partial charge >= 0.3 is 39.5 Å². The SMILES string of the molecule is CCCCCCCCCCCCCC(=O)OC[C@H](COP(=O)(O)OC[C@@H](O)COP(=O)(O)OC[C@@H](COC(=O)CCCCCCCCCCC)OC(=O)CCCCCCCCCCCCC)OC(=O)CCCCCCCCCCCCCC(C)C. The summed E-state index contributed by atoms with van der Waals surface area (Å²) < 4.78 is 68.1. The van der Waals surface area contributed by atoms with Crippen LogP contribution in [0.1, 0.15) is 336 Å². The van der Waals surface area contributed by atoms with E-state index >= 15 is 0 Å². The van der Waals surface area contributed by atoms with E-state index in [2.05, 4.69) is 34.6 Å². The molecule has 85 heavy (non-hydrogen) atoms. The van der Waals surface area contributed by atoms with Crippen molar-refractivity contribution in [2.45, 2.75) is 355 Å². The van der Waals surface area contributed by atoms with Gasteiger partial charge in [-0.15, -0.1) is 0 Å². The zero-order valence-corrected chi connectivity index (χ0v) is 56.5. The summed E-state index contributed by atoms with van der Waals surface area (Å²) in [5, 5.41) is 10.5. The predicted octanol–water partition coefficient (Wildman–Crippen LogP) is 18.6. The smallest absolute Gasteiger partial charge is 0.462 e. The van der Waals surface area contributed by atoms with E-state index in [0.29, 0.717) is 25.7 Å². The number of ether oxygens (including phenoxy) is 4. The zero-order valence-electron chi connectivity index (χ0n) is 54.7. The fourth-order valence-electron chi connectivity index (χ4n) is 9.94. The lowest BCUT2D eigenvalue weighted by molar-refractivity contribution is -0.161. The van der Waals surface area contributed by atoms with Gasteiger partial charge in [-0.1, -0.05) is 285 Å². The molecule has 0 radical (unpaired) electrons. The van der Waals surface area contributed by atoms with Crippen molar-refractivity contribution < 1.29 is 80.2 Å². The Kier molecular flexibility index (Phi) is 58.3. The summed E-state index contributed by atoms with van der Waals surface area (Å²) in [6.45, 7) is 7.20. The molecule has 3 N–H and O–H groups in total. The van der Waals surface area contributed by atoms with Crippen molar-refractivity contribution in [3.05, 3.63) is 0 Å². The number of phosphoric acid groups is 2. The van der Waals surface area contributed by atoms with Crippen LogP contribution in [0.15, 0.2) is 0 Å². The standard InChI is InChI=1S/C66H128O17P2/c1-6-9-12-15-18-21-24-30-35-40-45-50-64(69)77-56-62(83-66(71)52-47-42-37-32-27-23-26-29-33-38-43-48-59(4)5)58-81-85(74,75)79-54-60(67)53-78-84(72,73)80-57-61(55-76-63(68)49-44-39-34-28-20-17-14-11-8-3)82-65(70)51-46-41-36-31-25-22-19-16-13-10-7-2/h59-62,67H,6-58H2,1-5H3,(H,72,73)(H,74,75)/t60-,61+,62+/m0/s1. The van der Waals surface area contributed by atoms with Crippen LogP contribution in [0.25, 0.3) is 0 Å². The number of aliphatic hydroxyl groups excluding tert-OH is 1. The molecule has 0 aromatic heterocycles. The van der Waals surface area contributed by atoms with Gasteiger partial charge in [-0.2, -0.15) is 0 Å². The highest BCUT2D eigenvalue weighted by Crippen LogP contribution is 2.45. The van der Waals surface area contributed by atoms with Crippen LogP contribution in [0, 0.1) is 5.92 Å². The Balaban J connectivity index is 5.23. The topological polar surface area (TPSA) is 237 Å². The van der Waals surface area contributed by atoms with Crippen LogP contribution in [0.5, 0.6) is 0 Å². The first kappa shape index (κ1) is 83.1. The average Bonchev–Trinajstić information content (AvgIpc) is 3.49. The Morgan fingerprint density at radius 3 is 0.800 bits per heavy atom. The van der Waals surface area contributed by atoms with Crippen molar-refractivity contribution in [2.75, 3.05) is 39.6 Å². The number of carbonyl (C=O) groups is 4. The number of aliphatic hydroxyl groups is 1. The van der Waals surface area contributed by atoms with Crippen LogP contribution in [0.2, 0.25) is 0 Å². The summed E-state index contributed by atoms with van der Waals surface area (Å²) in [5.74, 6) is -1.36. The molecule has 504 valence electrons. The van der Waals surface area contributed by atoms with Gasteiger partial charge < -0.3 is 33.8 Å². The van der Waals surface area contributed by atoms with Crippen LogP contribution in [-0.4, -0.2) is 96.7 Å². The lowest BCUT2D eigenvalue weighted by atomic mass is 10.0. The highest BCUT2D eigenvalue weighted by Gasteiger charge is 2.30. The van der Waals surface area contributed by atoms with Gasteiger partial charge in [0, 0.05) is 25.7 Å². The fourth-order valence-corrected chi connectivity index (χ4v) is 11.5. The largest absolute Gasteiger partial charge is 0.472 e. The van der Waals surface area contributed by atoms with Crippen LogP contribution >= 0.6 is 15.6 Å². The molecule has 0 bridgehead atoms. The Morgan fingerprint density at radius 2 is 0.541 bits per heavy atom. The number of hydrogen-bond donors (Lipinski definition) is 3. The average molecular weight is 1260 g/mol. The van der Waals surface area contributed by atoms with E-state index in [1.165, 1.54) is 161 Å². The van der Waals surface area contributed by atoms with E-state index < -0.39 is 97.5 Å².